The molecule has 7 aromatic carbocycles. The molecular weight excluding hydrogens is 659 g/mol. The van der Waals surface area contributed by atoms with Crippen LogP contribution in [-0.4, -0.2) is 24.1 Å². The first-order valence-corrected chi connectivity index (χ1v) is 18.8. The maximum absolute atomic E-state index is 5.18. The molecule has 0 saturated carbocycles. The van der Waals surface area contributed by atoms with Gasteiger partial charge in [0.25, 0.3) is 0 Å². The Morgan fingerprint density at radius 2 is 1.06 bits per heavy atom. The van der Waals surface area contributed by atoms with Crippen molar-refractivity contribution < 1.29 is 0 Å². The number of fused-ring (bicyclic) bond motifs is 7. The maximum atomic E-state index is 5.18. The summed E-state index contributed by atoms with van der Waals surface area (Å²) in [6.45, 7) is 2.25. The fourth-order valence-electron chi connectivity index (χ4n) is 7.96. The largest absolute Gasteiger partial charge is 0.309 e. The van der Waals surface area contributed by atoms with E-state index in [1.54, 1.807) is 0 Å². The molecule has 258 valence electrons. The number of unbranched alkanes of at least 4 members (excludes halogenated alkanes) is 1. The summed E-state index contributed by atoms with van der Waals surface area (Å²) >= 11 is 0. The van der Waals surface area contributed by atoms with Crippen LogP contribution in [0.3, 0.4) is 0 Å². The van der Waals surface area contributed by atoms with Gasteiger partial charge in [0, 0.05) is 38.4 Å². The van der Waals surface area contributed by atoms with Gasteiger partial charge in [-0.05, 0) is 59.9 Å². The van der Waals surface area contributed by atoms with Crippen molar-refractivity contribution in [3.63, 3.8) is 0 Å². The summed E-state index contributed by atoms with van der Waals surface area (Å²) in [5.41, 5.74) is 11.2. The molecule has 0 radical (unpaired) electrons. The molecule has 3 heterocycles. The SMILES string of the molecule is CCCCc1ccc(-c2cccc(-n3c4ccccc4c4ccc5c(c6ccccc6n5-c5nc(-c6ccccc6)nc(-c6ccccc6)n5)c43)c2)cc1. The molecule has 5 heteroatoms. The maximum Gasteiger partial charge on any atom is 0.238 e. The van der Waals surface area contributed by atoms with E-state index in [9.17, 15) is 0 Å². The third-order valence-corrected chi connectivity index (χ3v) is 10.6. The van der Waals surface area contributed by atoms with E-state index in [-0.39, 0.29) is 0 Å². The predicted molar refractivity (Wildman–Crippen MR) is 223 cm³/mol. The van der Waals surface area contributed by atoms with Gasteiger partial charge < -0.3 is 4.57 Å². The second-order valence-corrected chi connectivity index (χ2v) is 13.9. The zero-order valence-electron chi connectivity index (χ0n) is 30.0. The Morgan fingerprint density at radius 3 is 1.74 bits per heavy atom. The number of nitrogens with zero attached hydrogens (tertiary/aromatic N) is 5. The quantitative estimate of drug-likeness (QED) is 0.159. The van der Waals surface area contributed by atoms with E-state index in [0.717, 1.165) is 50.6 Å². The second kappa shape index (κ2) is 13.3. The summed E-state index contributed by atoms with van der Waals surface area (Å²) in [6, 6.07) is 60.3. The Kier molecular flexibility index (Phi) is 7.84. The highest BCUT2D eigenvalue weighted by Crippen LogP contribution is 2.42. The Balaban J connectivity index is 1.24. The van der Waals surface area contributed by atoms with Gasteiger partial charge in [0.15, 0.2) is 11.6 Å². The van der Waals surface area contributed by atoms with Crippen LogP contribution in [0.1, 0.15) is 25.3 Å². The molecule has 5 nitrogen and oxygen atoms in total. The Bertz CT molecular complexity index is 2900. The lowest BCUT2D eigenvalue weighted by molar-refractivity contribution is 0.795. The minimum Gasteiger partial charge on any atom is -0.309 e. The number of benzene rings is 7. The van der Waals surface area contributed by atoms with Gasteiger partial charge in [0.05, 0.1) is 22.1 Å². The van der Waals surface area contributed by atoms with Gasteiger partial charge in [-0.25, -0.2) is 4.98 Å². The zero-order chi connectivity index (χ0) is 36.0. The minimum atomic E-state index is 0.584. The van der Waals surface area contributed by atoms with Crippen LogP contribution in [0, 0.1) is 0 Å². The van der Waals surface area contributed by atoms with E-state index < -0.39 is 0 Å². The number of hydrogen-bond donors (Lipinski definition) is 0. The van der Waals surface area contributed by atoms with Crippen molar-refractivity contribution in [1.29, 1.82) is 0 Å². The van der Waals surface area contributed by atoms with Gasteiger partial charge in [-0.15, -0.1) is 0 Å². The standard InChI is InChI=1S/C49H37N5/c1-2-3-15-33-26-28-34(29-27-33)37-20-14-21-38(32-37)53-42-24-12-10-22-39(42)40-30-31-44-45(46(40)53)41-23-11-13-25-43(41)54(44)49-51-47(35-16-6-4-7-17-35)50-48(52-49)36-18-8-5-9-19-36/h4-14,16-32H,2-3,15H2,1H3. The second-order valence-electron chi connectivity index (χ2n) is 13.9. The molecule has 0 aliphatic heterocycles. The topological polar surface area (TPSA) is 48.5 Å². The first kappa shape index (κ1) is 31.9. The number of hydrogen-bond acceptors (Lipinski definition) is 3. The van der Waals surface area contributed by atoms with Gasteiger partial charge in [0.1, 0.15) is 0 Å². The highest BCUT2D eigenvalue weighted by molar-refractivity contribution is 6.26. The summed E-state index contributed by atoms with van der Waals surface area (Å²) in [5, 5.41) is 4.73. The van der Waals surface area contributed by atoms with Crippen LogP contribution in [0.25, 0.3) is 89.2 Å². The van der Waals surface area contributed by atoms with Crippen molar-refractivity contribution in [3.8, 4) is 45.5 Å². The van der Waals surface area contributed by atoms with Crippen molar-refractivity contribution in [2.45, 2.75) is 26.2 Å². The number of para-hydroxylation sites is 2. The molecule has 0 bridgehead atoms. The summed E-state index contributed by atoms with van der Waals surface area (Å²) < 4.78 is 4.66. The van der Waals surface area contributed by atoms with Crippen LogP contribution >= 0.6 is 0 Å². The Morgan fingerprint density at radius 1 is 0.444 bits per heavy atom. The molecule has 0 aliphatic carbocycles. The van der Waals surface area contributed by atoms with Crippen LogP contribution < -0.4 is 0 Å². The molecular formula is C49H37N5. The summed E-state index contributed by atoms with van der Waals surface area (Å²) in [6.07, 6.45) is 3.53. The highest BCUT2D eigenvalue weighted by atomic mass is 15.2. The normalized spacial score (nSPS) is 11.6. The Hall–Kier alpha value is -6.85. The fraction of sp³-hybridized carbons (Fsp3) is 0.0816. The number of aryl methyl sites for hydroxylation is 1. The van der Waals surface area contributed by atoms with E-state index in [0.29, 0.717) is 17.6 Å². The molecule has 0 N–H and O–H groups in total. The minimum absolute atomic E-state index is 0.584. The molecule has 10 aromatic rings. The van der Waals surface area contributed by atoms with Crippen LogP contribution in [0.15, 0.2) is 170 Å². The monoisotopic (exact) mass is 695 g/mol. The average Bonchev–Trinajstić information content (AvgIpc) is 3.77. The first-order chi connectivity index (χ1) is 26.7. The molecule has 0 saturated heterocycles. The van der Waals surface area contributed by atoms with Crippen LogP contribution in [0.2, 0.25) is 0 Å². The van der Waals surface area contributed by atoms with E-state index in [1.807, 2.05) is 36.4 Å². The van der Waals surface area contributed by atoms with Crippen molar-refractivity contribution in [2.75, 3.05) is 0 Å². The van der Waals surface area contributed by atoms with Gasteiger partial charge in [0.2, 0.25) is 5.95 Å². The molecule has 3 aromatic heterocycles. The van der Waals surface area contributed by atoms with Crippen molar-refractivity contribution in [2.24, 2.45) is 0 Å². The van der Waals surface area contributed by atoms with Crippen LogP contribution in [0.5, 0.6) is 0 Å². The highest BCUT2D eigenvalue weighted by Gasteiger charge is 2.23. The smallest absolute Gasteiger partial charge is 0.238 e. The fourth-order valence-corrected chi connectivity index (χ4v) is 7.96. The van der Waals surface area contributed by atoms with Gasteiger partial charge in [-0.1, -0.05) is 153 Å². The Labute approximate surface area is 313 Å². The van der Waals surface area contributed by atoms with Crippen molar-refractivity contribution in [3.05, 3.63) is 175 Å². The third-order valence-electron chi connectivity index (χ3n) is 10.6. The first-order valence-electron chi connectivity index (χ1n) is 18.8. The van der Waals surface area contributed by atoms with Gasteiger partial charge in [-0.3, -0.25) is 4.57 Å². The van der Waals surface area contributed by atoms with Gasteiger partial charge in [-0.2, -0.15) is 9.97 Å². The summed E-state index contributed by atoms with van der Waals surface area (Å²) in [7, 11) is 0. The lowest BCUT2D eigenvalue weighted by atomic mass is 10.0. The zero-order valence-corrected chi connectivity index (χ0v) is 30.0. The summed E-state index contributed by atoms with van der Waals surface area (Å²) in [4.78, 5) is 15.3. The molecule has 54 heavy (non-hydrogen) atoms. The third kappa shape index (κ3) is 5.36. The van der Waals surface area contributed by atoms with Crippen molar-refractivity contribution >= 4 is 43.6 Å². The average molecular weight is 696 g/mol. The van der Waals surface area contributed by atoms with E-state index in [4.69, 9.17) is 15.0 Å². The molecule has 0 atom stereocenters. The predicted octanol–water partition coefficient (Wildman–Crippen LogP) is 12.4. The molecule has 0 amide bonds. The van der Waals surface area contributed by atoms with E-state index in [1.165, 1.54) is 45.8 Å². The molecule has 0 spiro atoms. The lowest BCUT2D eigenvalue weighted by Gasteiger charge is -2.12. The number of aromatic nitrogens is 5. The van der Waals surface area contributed by atoms with E-state index in [2.05, 4.69) is 150 Å². The lowest BCUT2D eigenvalue weighted by Crippen LogP contribution is -2.06. The molecule has 0 fully saturated rings. The van der Waals surface area contributed by atoms with Crippen LogP contribution in [-0.2, 0) is 6.42 Å². The van der Waals surface area contributed by atoms with E-state index >= 15 is 0 Å². The van der Waals surface area contributed by atoms with Crippen LogP contribution in [0.4, 0.5) is 0 Å². The summed E-state index contributed by atoms with van der Waals surface area (Å²) in [5.74, 6) is 1.85. The van der Waals surface area contributed by atoms with Crippen molar-refractivity contribution in [1.82, 2.24) is 24.1 Å². The molecule has 0 unspecified atom stereocenters. The number of rotatable bonds is 8. The molecule has 10 rings (SSSR count). The van der Waals surface area contributed by atoms with Gasteiger partial charge >= 0.3 is 0 Å². The molecule has 0 aliphatic rings.